The molecule has 2 aliphatic rings. The van der Waals surface area contributed by atoms with Gasteiger partial charge in [0.25, 0.3) is 0 Å². The first kappa shape index (κ1) is 23.0. The number of benzene rings is 1. The van der Waals surface area contributed by atoms with Crippen molar-refractivity contribution in [1.29, 1.82) is 0 Å². The van der Waals surface area contributed by atoms with E-state index in [-0.39, 0.29) is 24.0 Å². The van der Waals surface area contributed by atoms with Gasteiger partial charge in [-0.25, -0.2) is 4.99 Å². The third-order valence-corrected chi connectivity index (χ3v) is 5.39. The van der Waals surface area contributed by atoms with E-state index in [1.807, 2.05) is 12.1 Å². The second-order valence-corrected chi connectivity index (χ2v) is 7.48. The van der Waals surface area contributed by atoms with Crippen LogP contribution in [0.15, 0.2) is 41.9 Å². The Labute approximate surface area is 187 Å². The van der Waals surface area contributed by atoms with Crippen LogP contribution in [0.2, 0.25) is 0 Å². The maximum Gasteiger partial charge on any atom is 0.191 e. The van der Waals surface area contributed by atoms with Crippen LogP contribution in [0.4, 0.5) is 0 Å². The van der Waals surface area contributed by atoms with Gasteiger partial charge >= 0.3 is 0 Å². The minimum atomic E-state index is 0. The standard InChI is InChI=1S/C22H34N4O.HI/c1-3-14-26-15-12-19(13-16-26)25-22(23-4-2)24-17-18-8-5-6-11-21(18)27-20-9-7-10-20;/h3,5-6,8,11,19-20H,1,4,7,9-10,12-17H2,2H3,(H2,23,24,25);1H. The van der Waals surface area contributed by atoms with E-state index in [0.29, 0.717) is 18.7 Å². The number of nitrogens with one attached hydrogen (secondary N) is 2. The average Bonchev–Trinajstić information content (AvgIpc) is 2.65. The zero-order valence-corrected chi connectivity index (χ0v) is 19.4. The average molecular weight is 498 g/mol. The SMILES string of the molecule is C=CCN1CCC(NC(=NCc2ccccc2OC2CCC2)NCC)CC1.I. The van der Waals surface area contributed by atoms with Gasteiger partial charge in [-0.2, -0.15) is 0 Å². The summed E-state index contributed by atoms with van der Waals surface area (Å²) in [6.07, 6.45) is 8.29. The topological polar surface area (TPSA) is 48.9 Å². The predicted octanol–water partition coefficient (Wildman–Crippen LogP) is 3.94. The molecule has 5 nitrogen and oxygen atoms in total. The summed E-state index contributed by atoms with van der Waals surface area (Å²) in [7, 11) is 0. The van der Waals surface area contributed by atoms with Crippen molar-refractivity contribution in [2.45, 2.75) is 57.7 Å². The smallest absolute Gasteiger partial charge is 0.191 e. The number of hydrogen-bond donors (Lipinski definition) is 2. The number of ether oxygens (including phenoxy) is 1. The summed E-state index contributed by atoms with van der Waals surface area (Å²) in [5.74, 6) is 1.89. The van der Waals surface area contributed by atoms with Crippen LogP contribution in [-0.2, 0) is 6.54 Å². The molecule has 28 heavy (non-hydrogen) atoms. The first-order valence-corrected chi connectivity index (χ1v) is 10.4. The van der Waals surface area contributed by atoms with Crippen molar-refractivity contribution < 1.29 is 4.74 Å². The monoisotopic (exact) mass is 498 g/mol. The molecular formula is C22H35IN4O. The predicted molar refractivity (Wildman–Crippen MR) is 128 cm³/mol. The molecule has 0 atom stereocenters. The lowest BCUT2D eigenvalue weighted by Gasteiger charge is -2.32. The molecule has 2 N–H and O–H groups in total. The molecule has 1 heterocycles. The normalized spacial score (nSPS) is 18.7. The summed E-state index contributed by atoms with van der Waals surface area (Å²) >= 11 is 0. The summed E-state index contributed by atoms with van der Waals surface area (Å²) in [6, 6.07) is 8.77. The Balaban J connectivity index is 0.00000280. The fraction of sp³-hybridized carbons (Fsp3) is 0.591. The van der Waals surface area contributed by atoms with E-state index in [0.717, 1.165) is 56.3 Å². The minimum Gasteiger partial charge on any atom is -0.490 e. The summed E-state index contributed by atoms with van der Waals surface area (Å²) in [4.78, 5) is 7.28. The Bertz CT molecular complexity index is 625. The van der Waals surface area contributed by atoms with E-state index in [1.165, 1.54) is 19.3 Å². The van der Waals surface area contributed by atoms with E-state index in [9.17, 15) is 0 Å². The zero-order valence-electron chi connectivity index (χ0n) is 17.0. The molecule has 1 aromatic carbocycles. The first-order valence-electron chi connectivity index (χ1n) is 10.4. The lowest BCUT2D eigenvalue weighted by atomic mass is 9.96. The third-order valence-electron chi connectivity index (χ3n) is 5.39. The number of piperidine rings is 1. The lowest BCUT2D eigenvalue weighted by molar-refractivity contribution is 0.119. The highest BCUT2D eigenvalue weighted by Crippen LogP contribution is 2.27. The number of aliphatic imine (C=N–C) groups is 1. The van der Waals surface area contributed by atoms with Crippen LogP contribution in [0.5, 0.6) is 5.75 Å². The molecule has 0 amide bonds. The van der Waals surface area contributed by atoms with E-state index in [2.05, 4.69) is 47.2 Å². The van der Waals surface area contributed by atoms with Gasteiger partial charge in [0.2, 0.25) is 0 Å². The van der Waals surface area contributed by atoms with Crippen LogP contribution >= 0.6 is 24.0 Å². The number of para-hydroxylation sites is 1. The van der Waals surface area contributed by atoms with Crippen molar-refractivity contribution in [3.05, 3.63) is 42.5 Å². The van der Waals surface area contributed by atoms with Gasteiger partial charge in [0, 0.05) is 37.8 Å². The number of guanidine groups is 1. The van der Waals surface area contributed by atoms with Crippen LogP contribution in [0.1, 0.15) is 44.6 Å². The van der Waals surface area contributed by atoms with E-state index in [1.54, 1.807) is 0 Å². The highest BCUT2D eigenvalue weighted by molar-refractivity contribution is 14.0. The molecule has 0 aromatic heterocycles. The van der Waals surface area contributed by atoms with E-state index >= 15 is 0 Å². The van der Waals surface area contributed by atoms with Crippen molar-refractivity contribution in [1.82, 2.24) is 15.5 Å². The zero-order chi connectivity index (χ0) is 18.9. The Morgan fingerprint density at radius 1 is 1.25 bits per heavy atom. The van der Waals surface area contributed by atoms with Crippen molar-refractivity contribution in [3.63, 3.8) is 0 Å². The molecule has 1 saturated carbocycles. The Morgan fingerprint density at radius 2 is 2.00 bits per heavy atom. The van der Waals surface area contributed by atoms with Crippen molar-refractivity contribution in [3.8, 4) is 5.75 Å². The van der Waals surface area contributed by atoms with Gasteiger partial charge in [0.1, 0.15) is 5.75 Å². The Hall–Kier alpha value is -1.28. The van der Waals surface area contributed by atoms with Crippen molar-refractivity contribution in [2.75, 3.05) is 26.2 Å². The van der Waals surface area contributed by atoms with Crippen LogP contribution in [-0.4, -0.2) is 49.2 Å². The maximum absolute atomic E-state index is 6.13. The maximum atomic E-state index is 6.13. The van der Waals surface area contributed by atoms with Gasteiger partial charge in [0.05, 0.1) is 12.6 Å². The van der Waals surface area contributed by atoms with Gasteiger partial charge in [-0.3, -0.25) is 4.90 Å². The van der Waals surface area contributed by atoms with Crippen LogP contribution < -0.4 is 15.4 Å². The summed E-state index contributed by atoms with van der Waals surface area (Å²) < 4.78 is 6.13. The van der Waals surface area contributed by atoms with E-state index in [4.69, 9.17) is 9.73 Å². The number of rotatable bonds is 8. The first-order chi connectivity index (χ1) is 13.3. The van der Waals surface area contributed by atoms with Crippen molar-refractivity contribution in [2.24, 2.45) is 4.99 Å². The molecule has 3 rings (SSSR count). The second-order valence-electron chi connectivity index (χ2n) is 7.48. The van der Waals surface area contributed by atoms with Crippen LogP contribution in [0, 0.1) is 0 Å². The molecule has 156 valence electrons. The van der Waals surface area contributed by atoms with E-state index < -0.39 is 0 Å². The largest absolute Gasteiger partial charge is 0.490 e. The molecule has 1 aromatic rings. The fourth-order valence-corrected chi connectivity index (χ4v) is 3.54. The minimum absolute atomic E-state index is 0. The highest BCUT2D eigenvalue weighted by atomic mass is 127. The molecule has 1 aliphatic carbocycles. The second kappa shape index (κ2) is 12.3. The number of likely N-dealkylation sites (tertiary alicyclic amines) is 1. The Morgan fingerprint density at radius 3 is 2.64 bits per heavy atom. The molecule has 2 fully saturated rings. The molecule has 1 saturated heterocycles. The number of hydrogen-bond acceptors (Lipinski definition) is 3. The summed E-state index contributed by atoms with van der Waals surface area (Å²) in [5, 5.41) is 7.01. The van der Waals surface area contributed by atoms with Crippen LogP contribution in [0.3, 0.4) is 0 Å². The summed E-state index contributed by atoms with van der Waals surface area (Å²) in [5.41, 5.74) is 1.16. The highest BCUT2D eigenvalue weighted by Gasteiger charge is 2.21. The quantitative estimate of drug-likeness (QED) is 0.247. The van der Waals surface area contributed by atoms with Gasteiger partial charge < -0.3 is 15.4 Å². The van der Waals surface area contributed by atoms with Crippen LogP contribution in [0.25, 0.3) is 0 Å². The van der Waals surface area contributed by atoms with Gasteiger partial charge in [-0.05, 0) is 45.1 Å². The molecule has 0 radical (unpaired) electrons. The number of nitrogens with zero attached hydrogens (tertiary/aromatic N) is 2. The third kappa shape index (κ3) is 6.95. The Kier molecular flexibility index (Phi) is 10.1. The van der Waals surface area contributed by atoms with Gasteiger partial charge in [-0.15, -0.1) is 30.6 Å². The molecule has 0 spiro atoms. The molecule has 0 bridgehead atoms. The molecule has 1 aliphatic heterocycles. The molecular weight excluding hydrogens is 463 g/mol. The molecule has 0 unspecified atom stereocenters. The lowest BCUT2D eigenvalue weighted by Crippen LogP contribution is -2.48. The van der Waals surface area contributed by atoms with Gasteiger partial charge in [0.15, 0.2) is 5.96 Å². The summed E-state index contributed by atoms with van der Waals surface area (Å²) in [6.45, 7) is 10.6. The van der Waals surface area contributed by atoms with Crippen molar-refractivity contribution >= 4 is 29.9 Å². The fourth-order valence-electron chi connectivity index (χ4n) is 3.54. The number of halogens is 1. The van der Waals surface area contributed by atoms with Gasteiger partial charge in [-0.1, -0.05) is 24.3 Å². The molecule has 6 heteroatoms.